The van der Waals surface area contributed by atoms with Gasteiger partial charge in [0, 0.05) is 11.6 Å². The molecule has 2 rings (SSSR count). The molecular weight excluding hydrogens is 250 g/mol. The van der Waals surface area contributed by atoms with Gasteiger partial charge in [-0.25, -0.2) is 0 Å². The van der Waals surface area contributed by atoms with Gasteiger partial charge in [-0.3, -0.25) is 0 Å². The predicted octanol–water partition coefficient (Wildman–Crippen LogP) is 3.90. The molecule has 20 heavy (non-hydrogen) atoms. The van der Waals surface area contributed by atoms with Gasteiger partial charge < -0.3 is 14.5 Å². The van der Waals surface area contributed by atoms with Gasteiger partial charge in [-0.05, 0) is 30.7 Å². The van der Waals surface area contributed by atoms with Crippen molar-refractivity contribution in [2.45, 2.75) is 52.8 Å². The first-order chi connectivity index (χ1) is 9.66. The molecule has 112 valence electrons. The standard InChI is InChI=1S/C17H27NO2/c1-13(2)18-10-17-16(8-9-20-17)12-19-11-15-7-5-4-6-14(15)3/h4-5,8-9,13-15,18H,6-7,10-12H2,1-3H3. The van der Waals surface area contributed by atoms with Crippen molar-refractivity contribution >= 4 is 0 Å². The Hall–Kier alpha value is -1.06. The third kappa shape index (κ3) is 4.50. The second-order valence-corrected chi connectivity index (χ2v) is 6.10. The molecule has 1 N–H and O–H groups in total. The molecule has 1 aromatic rings. The van der Waals surface area contributed by atoms with Crippen LogP contribution in [0.2, 0.25) is 0 Å². The minimum Gasteiger partial charge on any atom is -0.468 e. The number of hydrogen-bond acceptors (Lipinski definition) is 3. The molecule has 1 heterocycles. The average Bonchev–Trinajstić information content (AvgIpc) is 2.86. The van der Waals surface area contributed by atoms with Gasteiger partial charge in [-0.1, -0.05) is 32.9 Å². The lowest BCUT2D eigenvalue weighted by molar-refractivity contribution is 0.0671. The molecule has 1 aliphatic rings. The van der Waals surface area contributed by atoms with Crippen molar-refractivity contribution in [2.75, 3.05) is 6.61 Å². The van der Waals surface area contributed by atoms with Crippen molar-refractivity contribution in [3.8, 4) is 0 Å². The van der Waals surface area contributed by atoms with Crippen molar-refractivity contribution in [3.05, 3.63) is 35.8 Å². The van der Waals surface area contributed by atoms with E-state index in [-0.39, 0.29) is 0 Å². The van der Waals surface area contributed by atoms with Gasteiger partial charge >= 0.3 is 0 Å². The summed E-state index contributed by atoms with van der Waals surface area (Å²) in [4.78, 5) is 0. The summed E-state index contributed by atoms with van der Waals surface area (Å²) in [6.45, 7) is 8.85. The third-order valence-corrected chi connectivity index (χ3v) is 4.02. The van der Waals surface area contributed by atoms with Crippen LogP contribution in [0.3, 0.4) is 0 Å². The van der Waals surface area contributed by atoms with E-state index >= 15 is 0 Å². The van der Waals surface area contributed by atoms with Crippen molar-refractivity contribution in [1.29, 1.82) is 0 Å². The Labute approximate surface area is 122 Å². The maximum Gasteiger partial charge on any atom is 0.123 e. The minimum absolute atomic E-state index is 0.462. The maximum atomic E-state index is 5.91. The first-order valence-electron chi connectivity index (χ1n) is 7.68. The lowest BCUT2D eigenvalue weighted by Gasteiger charge is -2.24. The molecule has 3 heteroatoms. The summed E-state index contributed by atoms with van der Waals surface area (Å²) in [6, 6.07) is 2.48. The highest BCUT2D eigenvalue weighted by atomic mass is 16.5. The lowest BCUT2D eigenvalue weighted by Crippen LogP contribution is -2.22. The van der Waals surface area contributed by atoms with Crippen LogP contribution in [0.15, 0.2) is 28.9 Å². The highest BCUT2D eigenvalue weighted by Crippen LogP contribution is 2.25. The molecule has 0 saturated heterocycles. The van der Waals surface area contributed by atoms with Crippen molar-refractivity contribution in [2.24, 2.45) is 11.8 Å². The van der Waals surface area contributed by atoms with Gasteiger partial charge in [0.15, 0.2) is 0 Å². The van der Waals surface area contributed by atoms with Gasteiger partial charge in [0.05, 0.1) is 26.0 Å². The number of ether oxygens (including phenoxy) is 1. The predicted molar refractivity (Wildman–Crippen MR) is 81.4 cm³/mol. The van der Waals surface area contributed by atoms with E-state index in [1.807, 2.05) is 6.07 Å². The SMILES string of the molecule is CC(C)NCc1occc1COCC1CC=CCC1C. The molecule has 2 unspecified atom stereocenters. The first kappa shape index (κ1) is 15.3. The second kappa shape index (κ2) is 7.65. The molecule has 0 saturated carbocycles. The van der Waals surface area contributed by atoms with E-state index in [2.05, 4.69) is 38.2 Å². The molecule has 0 fully saturated rings. The Morgan fingerprint density at radius 3 is 2.90 bits per heavy atom. The van der Waals surface area contributed by atoms with Gasteiger partial charge in [0.25, 0.3) is 0 Å². The molecular formula is C17H27NO2. The van der Waals surface area contributed by atoms with Crippen LogP contribution in [0.25, 0.3) is 0 Å². The molecule has 1 aliphatic carbocycles. The quantitative estimate of drug-likeness (QED) is 0.768. The van der Waals surface area contributed by atoms with Crippen LogP contribution in [-0.4, -0.2) is 12.6 Å². The average molecular weight is 277 g/mol. The van der Waals surface area contributed by atoms with Gasteiger partial charge in [-0.2, -0.15) is 0 Å². The number of rotatable bonds is 7. The maximum absolute atomic E-state index is 5.91. The summed E-state index contributed by atoms with van der Waals surface area (Å²) in [5.41, 5.74) is 1.16. The molecule has 0 aromatic carbocycles. The summed E-state index contributed by atoms with van der Waals surface area (Å²) in [5, 5.41) is 3.38. The van der Waals surface area contributed by atoms with Crippen LogP contribution >= 0.6 is 0 Å². The normalized spacial score (nSPS) is 22.6. The number of allylic oxidation sites excluding steroid dienone is 2. The molecule has 2 atom stereocenters. The van der Waals surface area contributed by atoms with E-state index in [9.17, 15) is 0 Å². The zero-order valence-corrected chi connectivity index (χ0v) is 12.9. The number of hydrogen-bond donors (Lipinski definition) is 1. The Balaban J connectivity index is 1.76. The topological polar surface area (TPSA) is 34.4 Å². The van der Waals surface area contributed by atoms with Crippen LogP contribution in [0.5, 0.6) is 0 Å². The zero-order valence-electron chi connectivity index (χ0n) is 12.9. The van der Waals surface area contributed by atoms with Gasteiger partial charge in [-0.15, -0.1) is 0 Å². The molecule has 0 radical (unpaired) electrons. The van der Waals surface area contributed by atoms with Gasteiger partial charge in [0.1, 0.15) is 5.76 Å². The van der Waals surface area contributed by atoms with Gasteiger partial charge in [0.2, 0.25) is 0 Å². The number of nitrogens with one attached hydrogen (secondary N) is 1. The van der Waals surface area contributed by atoms with E-state index in [0.29, 0.717) is 18.6 Å². The van der Waals surface area contributed by atoms with Crippen molar-refractivity contribution in [1.82, 2.24) is 5.32 Å². The smallest absolute Gasteiger partial charge is 0.123 e. The highest BCUT2D eigenvalue weighted by molar-refractivity contribution is 5.15. The molecule has 1 aromatic heterocycles. The fourth-order valence-corrected chi connectivity index (χ4v) is 2.51. The monoisotopic (exact) mass is 277 g/mol. The third-order valence-electron chi connectivity index (χ3n) is 4.02. The van der Waals surface area contributed by atoms with Crippen LogP contribution in [0, 0.1) is 11.8 Å². The fraction of sp³-hybridized carbons (Fsp3) is 0.647. The molecule has 0 amide bonds. The van der Waals surface area contributed by atoms with E-state index in [0.717, 1.165) is 36.8 Å². The molecule has 0 aliphatic heterocycles. The Morgan fingerprint density at radius 1 is 1.35 bits per heavy atom. The van der Waals surface area contributed by atoms with Crippen molar-refractivity contribution < 1.29 is 9.15 Å². The van der Waals surface area contributed by atoms with E-state index in [1.54, 1.807) is 6.26 Å². The largest absolute Gasteiger partial charge is 0.468 e. The lowest BCUT2D eigenvalue weighted by atomic mass is 9.85. The number of furan rings is 1. The highest BCUT2D eigenvalue weighted by Gasteiger charge is 2.18. The van der Waals surface area contributed by atoms with Crippen LogP contribution in [0.4, 0.5) is 0 Å². The Kier molecular flexibility index (Phi) is 5.86. The van der Waals surface area contributed by atoms with Crippen molar-refractivity contribution in [3.63, 3.8) is 0 Å². The van der Waals surface area contributed by atoms with E-state index < -0.39 is 0 Å². The molecule has 0 spiro atoms. The summed E-state index contributed by atoms with van der Waals surface area (Å²) in [7, 11) is 0. The molecule has 3 nitrogen and oxygen atoms in total. The first-order valence-corrected chi connectivity index (χ1v) is 7.68. The molecule has 0 bridgehead atoms. The van der Waals surface area contributed by atoms with Crippen LogP contribution in [0.1, 0.15) is 44.9 Å². The summed E-state index contributed by atoms with van der Waals surface area (Å²) >= 11 is 0. The van der Waals surface area contributed by atoms with Crippen LogP contribution in [-0.2, 0) is 17.9 Å². The van der Waals surface area contributed by atoms with E-state index in [1.165, 1.54) is 6.42 Å². The summed E-state index contributed by atoms with van der Waals surface area (Å²) in [6.07, 6.45) is 8.65. The minimum atomic E-state index is 0.462. The Morgan fingerprint density at radius 2 is 2.15 bits per heavy atom. The summed E-state index contributed by atoms with van der Waals surface area (Å²) < 4.78 is 11.4. The fourth-order valence-electron chi connectivity index (χ4n) is 2.51. The van der Waals surface area contributed by atoms with Crippen LogP contribution < -0.4 is 5.32 Å². The zero-order chi connectivity index (χ0) is 14.4. The summed E-state index contributed by atoms with van der Waals surface area (Å²) in [5.74, 6) is 2.38. The van der Waals surface area contributed by atoms with E-state index in [4.69, 9.17) is 9.15 Å². The Bertz CT molecular complexity index is 422. The second-order valence-electron chi connectivity index (χ2n) is 6.10.